The van der Waals surface area contributed by atoms with Crippen molar-refractivity contribution in [2.75, 3.05) is 0 Å². The maximum Gasteiger partial charge on any atom is 0.254 e. The summed E-state index contributed by atoms with van der Waals surface area (Å²) < 4.78 is 0. The van der Waals surface area contributed by atoms with Crippen LogP contribution >= 0.6 is 0 Å². The molecule has 4 rings (SSSR count). The van der Waals surface area contributed by atoms with Crippen LogP contribution in [-0.4, -0.2) is 10.9 Å². The third-order valence-corrected chi connectivity index (χ3v) is 5.15. The molecule has 0 saturated heterocycles. The number of rotatable bonds is 6. The molecule has 2 N–H and O–H groups in total. The van der Waals surface area contributed by atoms with Crippen LogP contribution in [0.25, 0.3) is 10.9 Å². The van der Waals surface area contributed by atoms with Crippen LogP contribution in [0.15, 0.2) is 84.9 Å². The number of para-hydroxylation sites is 1. The quantitative estimate of drug-likeness (QED) is 0.454. The van der Waals surface area contributed by atoms with Gasteiger partial charge in [0.1, 0.15) is 0 Å². The molecule has 0 radical (unpaired) electrons. The Kier molecular flexibility index (Phi) is 5.24. The van der Waals surface area contributed by atoms with E-state index in [-0.39, 0.29) is 11.9 Å². The van der Waals surface area contributed by atoms with E-state index in [1.165, 1.54) is 5.56 Å². The van der Waals surface area contributed by atoms with Crippen LogP contribution < -0.4 is 5.32 Å². The van der Waals surface area contributed by atoms with E-state index < -0.39 is 0 Å². The summed E-state index contributed by atoms with van der Waals surface area (Å²) in [4.78, 5) is 16.8. The lowest BCUT2D eigenvalue weighted by atomic mass is 10.0. The fourth-order valence-corrected chi connectivity index (χ4v) is 3.73. The first-order valence-corrected chi connectivity index (χ1v) is 9.75. The SMILES string of the molecule is CC[C@H](NC(=O)c1c(Cc2ccccc2)[nH]c2ccccc12)c1ccccc1. The Balaban J connectivity index is 1.70. The number of carbonyl (C=O) groups is 1. The van der Waals surface area contributed by atoms with Crippen molar-refractivity contribution in [1.82, 2.24) is 10.3 Å². The van der Waals surface area contributed by atoms with Crippen LogP contribution in [-0.2, 0) is 6.42 Å². The minimum atomic E-state index is -0.0286. The summed E-state index contributed by atoms with van der Waals surface area (Å²) in [6, 6.07) is 28.4. The summed E-state index contributed by atoms with van der Waals surface area (Å²) in [7, 11) is 0. The Morgan fingerprint density at radius 1 is 0.893 bits per heavy atom. The van der Waals surface area contributed by atoms with E-state index in [4.69, 9.17) is 0 Å². The maximum atomic E-state index is 13.3. The van der Waals surface area contributed by atoms with Gasteiger partial charge in [0.2, 0.25) is 0 Å². The second-order valence-electron chi connectivity index (χ2n) is 7.03. The zero-order valence-corrected chi connectivity index (χ0v) is 16.0. The van der Waals surface area contributed by atoms with E-state index in [0.717, 1.165) is 34.1 Å². The predicted octanol–water partition coefficient (Wildman–Crippen LogP) is 5.64. The number of amides is 1. The molecule has 28 heavy (non-hydrogen) atoms. The average molecular weight is 368 g/mol. The highest BCUT2D eigenvalue weighted by molar-refractivity contribution is 6.08. The maximum absolute atomic E-state index is 13.3. The van der Waals surface area contributed by atoms with Crippen LogP contribution in [0.4, 0.5) is 0 Å². The Morgan fingerprint density at radius 2 is 1.54 bits per heavy atom. The molecule has 1 amide bonds. The van der Waals surface area contributed by atoms with Crippen molar-refractivity contribution in [3.05, 3.63) is 107 Å². The average Bonchev–Trinajstić information content (AvgIpc) is 3.11. The third kappa shape index (κ3) is 3.70. The Bertz CT molecular complexity index is 1070. The topological polar surface area (TPSA) is 44.9 Å². The predicted molar refractivity (Wildman–Crippen MR) is 114 cm³/mol. The van der Waals surface area contributed by atoms with E-state index in [9.17, 15) is 4.79 Å². The molecule has 0 aliphatic rings. The lowest BCUT2D eigenvalue weighted by Crippen LogP contribution is -2.28. The van der Waals surface area contributed by atoms with E-state index in [0.29, 0.717) is 6.42 Å². The van der Waals surface area contributed by atoms with Gasteiger partial charge in [-0.3, -0.25) is 4.79 Å². The lowest BCUT2D eigenvalue weighted by molar-refractivity contribution is 0.0936. The van der Waals surface area contributed by atoms with Gasteiger partial charge >= 0.3 is 0 Å². The minimum absolute atomic E-state index is 0.00747. The standard InChI is InChI=1S/C25H24N2O/c1-2-21(19-13-7-4-8-14-19)27-25(28)24-20-15-9-10-16-22(20)26-23(24)17-18-11-5-3-6-12-18/h3-16,21,26H,2,17H2,1H3,(H,27,28)/t21-/m0/s1. The van der Waals surface area contributed by atoms with Gasteiger partial charge in [-0.25, -0.2) is 0 Å². The van der Waals surface area contributed by atoms with Crippen molar-refractivity contribution in [1.29, 1.82) is 0 Å². The zero-order chi connectivity index (χ0) is 19.3. The van der Waals surface area contributed by atoms with E-state index in [1.807, 2.05) is 60.7 Å². The van der Waals surface area contributed by atoms with Gasteiger partial charge in [0.25, 0.3) is 5.91 Å². The second kappa shape index (κ2) is 8.13. The number of benzene rings is 3. The monoisotopic (exact) mass is 368 g/mol. The largest absolute Gasteiger partial charge is 0.357 e. The first-order valence-electron chi connectivity index (χ1n) is 9.75. The van der Waals surface area contributed by atoms with Gasteiger partial charge in [-0.2, -0.15) is 0 Å². The molecule has 0 unspecified atom stereocenters. The van der Waals surface area contributed by atoms with Crippen molar-refractivity contribution >= 4 is 16.8 Å². The molecule has 0 aliphatic carbocycles. The summed E-state index contributed by atoms with van der Waals surface area (Å²) >= 11 is 0. The lowest BCUT2D eigenvalue weighted by Gasteiger charge is -2.18. The molecule has 0 saturated carbocycles. The van der Waals surface area contributed by atoms with Crippen LogP contribution in [0.2, 0.25) is 0 Å². The van der Waals surface area contributed by atoms with Crippen LogP contribution in [0.3, 0.4) is 0 Å². The highest BCUT2D eigenvalue weighted by Gasteiger charge is 2.21. The molecule has 3 aromatic carbocycles. The van der Waals surface area contributed by atoms with Gasteiger partial charge in [-0.05, 0) is 23.6 Å². The Labute approximate surface area is 165 Å². The number of hydrogen-bond donors (Lipinski definition) is 2. The van der Waals surface area contributed by atoms with E-state index in [2.05, 4.69) is 41.5 Å². The van der Waals surface area contributed by atoms with Gasteiger partial charge in [0.15, 0.2) is 0 Å². The number of hydrogen-bond acceptors (Lipinski definition) is 1. The van der Waals surface area contributed by atoms with Gasteiger partial charge in [0.05, 0.1) is 11.6 Å². The number of fused-ring (bicyclic) bond motifs is 1. The highest BCUT2D eigenvalue weighted by Crippen LogP contribution is 2.26. The van der Waals surface area contributed by atoms with Gasteiger partial charge in [0, 0.05) is 23.0 Å². The van der Waals surface area contributed by atoms with Crippen molar-refractivity contribution in [2.45, 2.75) is 25.8 Å². The van der Waals surface area contributed by atoms with Gasteiger partial charge < -0.3 is 10.3 Å². The molecular weight excluding hydrogens is 344 g/mol. The van der Waals surface area contributed by atoms with Crippen molar-refractivity contribution < 1.29 is 4.79 Å². The van der Waals surface area contributed by atoms with E-state index in [1.54, 1.807) is 0 Å². The first kappa shape index (κ1) is 18.1. The summed E-state index contributed by atoms with van der Waals surface area (Å²) in [5.41, 5.74) is 4.99. The summed E-state index contributed by atoms with van der Waals surface area (Å²) in [6.45, 7) is 2.10. The van der Waals surface area contributed by atoms with Crippen molar-refractivity contribution in [2.24, 2.45) is 0 Å². The molecule has 3 heteroatoms. The molecule has 4 aromatic rings. The Morgan fingerprint density at radius 3 is 2.25 bits per heavy atom. The molecule has 0 fully saturated rings. The van der Waals surface area contributed by atoms with E-state index >= 15 is 0 Å². The fraction of sp³-hybridized carbons (Fsp3) is 0.160. The zero-order valence-electron chi connectivity index (χ0n) is 16.0. The second-order valence-corrected chi connectivity index (χ2v) is 7.03. The molecule has 1 heterocycles. The molecule has 3 nitrogen and oxygen atoms in total. The summed E-state index contributed by atoms with van der Waals surface area (Å²) in [5.74, 6) is -0.0286. The number of aromatic amines is 1. The highest BCUT2D eigenvalue weighted by atomic mass is 16.1. The van der Waals surface area contributed by atoms with Gasteiger partial charge in [-0.15, -0.1) is 0 Å². The molecule has 1 aromatic heterocycles. The van der Waals surface area contributed by atoms with Crippen molar-refractivity contribution in [3.63, 3.8) is 0 Å². The summed E-state index contributed by atoms with van der Waals surface area (Å²) in [6.07, 6.45) is 1.53. The van der Waals surface area contributed by atoms with Gasteiger partial charge in [-0.1, -0.05) is 85.8 Å². The van der Waals surface area contributed by atoms with Crippen LogP contribution in [0, 0.1) is 0 Å². The number of nitrogens with one attached hydrogen (secondary N) is 2. The van der Waals surface area contributed by atoms with Crippen molar-refractivity contribution in [3.8, 4) is 0 Å². The Hall–Kier alpha value is -3.33. The third-order valence-electron chi connectivity index (χ3n) is 5.15. The summed E-state index contributed by atoms with van der Waals surface area (Å²) in [5, 5.41) is 4.21. The fourth-order valence-electron chi connectivity index (χ4n) is 3.73. The molecule has 0 spiro atoms. The molecular formula is C25H24N2O. The number of carbonyl (C=O) groups excluding carboxylic acids is 1. The molecule has 140 valence electrons. The number of aromatic nitrogens is 1. The molecule has 0 bridgehead atoms. The minimum Gasteiger partial charge on any atom is -0.357 e. The normalized spacial score (nSPS) is 12.0. The molecule has 1 atom stereocenters. The van der Waals surface area contributed by atoms with Crippen LogP contribution in [0.5, 0.6) is 0 Å². The smallest absolute Gasteiger partial charge is 0.254 e. The molecule has 0 aliphatic heterocycles. The number of H-pyrrole nitrogens is 1. The first-order chi connectivity index (χ1) is 13.8. The van der Waals surface area contributed by atoms with Crippen LogP contribution in [0.1, 0.15) is 46.6 Å².